The fourth-order valence-electron chi connectivity index (χ4n) is 4.06. The van der Waals surface area contributed by atoms with Gasteiger partial charge in [0.25, 0.3) is 0 Å². The van der Waals surface area contributed by atoms with E-state index >= 15 is 0 Å². The van der Waals surface area contributed by atoms with Gasteiger partial charge in [0.05, 0.1) is 17.5 Å². The van der Waals surface area contributed by atoms with Crippen LogP contribution in [0.2, 0.25) is 0 Å². The highest BCUT2D eigenvalue weighted by atomic mass is 32.2. The van der Waals surface area contributed by atoms with E-state index in [1.54, 1.807) is 0 Å². The number of sulfone groups is 1. The van der Waals surface area contributed by atoms with Crippen LogP contribution in [0.15, 0.2) is 60.7 Å². The molecule has 5 heteroatoms. The van der Waals surface area contributed by atoms with Gasteiger partial charge in [0.1, 0.15) is 0 Å². The maximum absolute atomic E-state index is 12.2. The van der Waals surface area contributed by atoms with E-state index in [0.29, 0.717) is 0 Å². The van der Waals surface area contributed by atoms with Crippen molar-refractivity contribution in [1.29, 1.82) is 0 Å². The predicted octanol–water partition coefficient (Wildman–Crippen LogP) is 1.85. The fourth-order valence-corrected chi connectivity index (χ4v) is 6.03. The van der Waals surface area contributed by atoms with Crippen LogP contribution in [-0.2, 0) is 9.84 Å². The third-order valence-corrected chi connectivity index (χ3v) is 6.80. The Hall–Kier alpha value is -1.69. The molecule has 2 atom stereocenters. The fraction of sp³-hybridized carbons (Fsp3) is 0.368. The first kappa shape index (κ1) is 15.8. The van der Waals surface area contributed by atoms with Gasteiger partial charge in [-0.25, -0.2) is 8.42 Å². The van der Waals surface area contributed by atoms with Gasteiger partial charge in [0, 0.05) is 25.2 Å². The van der Waals surface area contributed by atoms with Gasteiger partial charge in [0.15, 0.2) is 9.84 Å². The first-order chi connectivity index (χ1) is 11.6. The summed E-state index contributed by atoms with van der Waals surface area (Å²) in [5.74, 6) is 0.505. The molecule has 4 rings (SSSR count). The van der Waals surface area contributed by atoms with Crippen molar-refractivity contribution in [1.82, 2.24) is 10.2 Å². The lowest BCUT2D eigenvalue weighted by Gasteiger charge is -2.43. The zero-order valence-electron chi connectivity index (χ0n) is 13.5. The van der Waals surface area contributed by atoms with Crippen molar-refractivity contribution in [3.05, 3.63) is 71.8 Å². The van der Waals surface area contributed by atoms with Crippen molar-refractivity contribution in [2.45, 2.75) is 18.1 Å². The summed E-state index contributed by atoms with van der Waals surface area (Å²) in [7, 11) is -2.96. The van der Waals surface area contributed by atoms with Gasteiger partial charge in [-0.05, 0) is 11.1 Å². The van der Waals surface area contributed by atoms with Crippen molar-refractivity contribution in [2.75, 3.05) is 24.6 Å². The maximum Gasteiger partial charge on any atom is 0.153 e. The molecule has 24 heavy (non-hydrogen) atoms. The maximum atomic E-state index is 12.2. The lowest BCUT2D eigenvalue weighted by Crippen LogP contribution is -2.58. The van der Waals surface area contributed by atoms with E-state index in [4.69, 9.17) is 0 Å². The Balaban J connectivity index is 1.76. The first-order valence-electron chi connectivity index (χ1n) is 8.43. The SMILES string of the molecule is O=S1(=O)CC2NCCN(C(c3ccccc3)c3ccccc3)C2C1. The molecule has 0 spiro atoms. The van der Waals surface area contributed by atoms with Crippen LogP contribution in [0.1, 0.15) is 17.2 Å². The van der Waals surface area contributed by atoms with E-state index in [9.17, 15) is 8.42 Å². The summed E-state index contributed by atoms with van der Waals surface area (Å²) in [5.41, 5.74) is 2.43. The second-order valence-corrected chi connectivity index (χ2v) is 8.82. The minimum Gasteiger partial charge on any atom is -0.310 e. The Morgan fingerprint density at radius 1 is 0.917 bits per heavy atom. The summed E-state index contributed by atoms with van der Waals surface area (Å²) in [4.78, 5) is 2.39. The molecule has 2 heterocycles. The summed E-state index contributed by atoms with van der Waals surface area (Å²) < 4.78 is 24.3. The second kappa shape index (κ2) is 6.31. The van der Waals surface area contributed by atoms with Crippen LogP contribution in [0.5, 0.6) is 0 Å². The lowest BCUT2D eigenvalue weighted by atomic mass is 9.93. The molecule has 4 nitrogen and oxygen atoms in total. The topological polar surface area (TPSA) is 49.4 Å². The Morgan fingerprint density at radius 3 is 2.08 bits per heavy atom. The summed E-state index contributed by atoms with van der Waals surface area (Å²) in [5, 5.41) is 3.40. The number of piperazine rings is 1. The van der Waals surface area contributed by atoms with Crippen molar-refractivity contribution >= 4 is 9.84 Å². The third-order valence-electron chi connectivity index (χ3n) is 5.09. The largest absolute Gasteiger partial charge is 0.310 e. The van der Waals surface area contributed by atoms with Crippen LogP contribution in [0.4, 0.5) is 0 Å². The quantitative estimate of drug-likeness (QED) is 0.925. The molecule has 0 radical (unpaired) electrons. The highest BCUT2D eigenvalue weighted by molar-refractivity contribution is 7.91. The molecule has 0 saturated carbocycles. The minimum atomic E-state index is -2.96. The van der Waals surface area contributed by atoms with Crippen LogP contribution in [0.3, 0.4) is 0 Å². The molecular formula is C19H22N2O2S. The predicted molar refractivity (Wildman–Crippen MR) is 95.7 cm³/mol. The number of rotatable bonds is 3. The number of hydrogen-bond acceptors (Lipinski definition) is 4. The van der Waals surface area contributed by atoms with Crippen molar-refractivity contribution in [2.24, 2.45) is 0 Å². The van der Waals surface area contributed by atoms with Crippen molar-refractivity contribution < 1.29 is 8.42 Å². The molecular weight excluding hydrogens is 320 g/mol. The molecule has 2 fully saturated rings. The average molecular weight is 342 g/mol. The average Bonchev–Trinajstić information content (AvgIpc) is 2.92. The summed E-state index contributed by atoms with van der Waals surface area (Å²) in [6.07, 6.45) is 0. The molecule has 0 bridgehead atoms. The van der Waals surface area contributed by atoms with Crippen LogP contribution in [0.25, 0.3) is 0 Å². The Morgan fingerprint density at radius 2 is 1.50 bits per heavy atom. The van der Waals surface area contributed by atoms with E-state index in [1.165, 1.54) is 11.1 Å². The highest BCUT2D eigenvalue weighted by Crippen LogP contribution is 2.34. The Labute approximate surface area is 143 Å². The molecule has 1 N–H and O–H groups in total. The molecule has 2 aromatic rings. The third kappa shape index (κ3) is 2.99. The van der Waals surface area contributed by atoms with Gasteiger partial charge in [-0.3, -0.25) is 4.90 Å². The van der Waals surface area contributed by atoms with Crippen LogP contribution >= 0.6 is 0 Å². The zero-order chi connectivity index (χ0) is 16.6. The second-order valence-electron chi connectivity index (χ2n) is 6.67. The molecule has 0 aliphatic carbocycles. The van der Waals surface area contributed by atoms with E-state index < -0.39 is 9.84 Å². The summed E-state index contributed by atoms with van der Waals surface area (Å²) in [6.45, 7) is 1.68. The number of fused-ring (bicyclic) bond motifs is 1. The zero-order valence-corrected chi connectivity index (χ0v) is 14.3. The molecule has 2 unspecified atom stereocenters. The Kier molecular flexibility index (Phi) is 4.16. The molecule has 2 aromatic carbocycles. The molecule has 0 aromatic heterocycles. The van der Waals surface area contributed by atoms with E-state index in [0.717, 1.165) is 13.1 Å². The van der Waals surface area contributed by atoms with Gasteiger partial charge in [-0.15, -0.1) is 0 Å². The van der Waals surface area contributed by atoms with Crippen LogP contribution in [0, 0.1) is 0 Å². The normalized spacial score (nSPS) is 26.4. The lowest BCUT2D eigenvalue weighted by molar-refractivity contribution is 0.115. The number of nitrogens with zero attached hydrogens (tertiary/aromatic N) is 1. The van der Waals surface area contributed by atoms with Crippen LogP contribution in [-0.4, -0.2) is 50.0 Å². The van der Waals surface area contributed by atoms with Gasteiger partial charge < -0.3 is 5.32 Å². The van der Waals surface area contributed by atoms with Gasteiger partial charge >= 0.3 is 0 Å². The van der Waals surface area contributed by atoms with E-state index in [2.05, 4.69) is 58.7 Å². The smallest absolute Gasteiger partial charge is 0.153 e. The van der Waals surface area contributed by atoms with Gasteiger partial charge in [-0.2, -0.15) is 0 Å². The van der Waals surface area contributed by atoms with Crippen LogP contribution < -0.4 is 5.32 Å². The highest BCUT2D eigenvalue weighted by Gasteiger charge is 2.45. The van der Waals surface area contributed by atoms with Gasteiger partial charge in [0.2, 0.25) is 0 Å². The monoisotopic (exact) mass is 342 g/mol. The molecule has 0 amide bonds. The number of nitrogens with one attached hydrogen (secondary N) is 1. The first-order valence-corrected chi connectivity index (χ1v) is 10.3. The summed E-state index contributed by atoms with van der Waals surface area (Å²) >= 11 is 0. The number of benzene rings is 2. The summed E-state index contributed by atoms with van der Waals surface area (Å²) in [6, 6.07) is 21.0. The van der Waals surface area contributed by atoms with Crippen molar-refractivity contribution in [3.63, 3.8) is 0 Å². The standard InChI is InChI=1S/C19H22N2O2S/c22-24(23)13-17-18(14-24)21(12-11-20-17)19(15-7-3-1-4-8-15)16-9-5-2-6-10-16/h1-10,17-20H,11-14H2. The molecule has 2 saturated heterocycles. The molecule has 126 valence electrons. The van der Waals surface area contributed by atoms with Gasteiger partial charge in [-0.1, -0.05) is 60.7 Å². The van der Waals surface area contributed by atoms with E-state index in [-0.39, 0.29) is 29.6 Å². The van der Waals surface area contributed by atoms with Crippen molar-refractivity contribution in [3.8, 4) is 0 Å². The Bertz CT molecular complexity index is 753. The minimum absolute atomic E-state index is 0.0363. The number of hydrogen-bond donors (Lipinski definition) is 1. The molecule has 2 aliphatic rings. The van der Waals surface area contributed by atoms with E-state index in [1.807, 2.05) is 12.1 Å². The molecule has 2 aliphatic heterocycles.